The molecule has 4 nitrogen and oxygen atoms in total. The van der Waals surface area contributed by atoms with Crippen LogP contribution < -0.4 is 0 Å². The number of amides is 1. The maximum absolute atomic E-state index is 12.8. The number of benzene rings is 1. The molecule has 2 atom stereocenters. The fourth-order valence-corrected chi connectivity index (χ4v) is 4.19. The lowest BCUT2D eigenvalue weighted by molar-refractivity contribution is -0.141. The summed E-state index contributed by atoms with van der Waals surface area (Å²) in [5, 5.41) is 9.54. The molecule has 1 aliphatic heterocycles. The Balaban J connectivity index is 1.87. The maximum Gasteiger partial charge on any atom is 0.308 e. The Kier molecular flexibility index (Phi) is 4.22. The molecule has 0 unspecified atom stereocenters. The second kappa shape index (κ2) is 6.16. The van der Waals surface area contributed by atoms with Gasteiger partial charge in [-0.3, -0.25) is 9.59 Å². The first-order valence-corrected chi connectivity index (χ1v) is 8.43. The van der Waals surface area contributed by atoms with Crippen LogP contribution in [-0.4, -0.2) is 35.0 Å². The predicted molar refractivity (Wildman–Crippen MR) is 90.0 cm³/mol. The van der Waals surface area contributed by atoms with Crippen molar-refractivity contribution >= 4 is 23.2 Å². The number of carboxylic acid groups (broad SMARTS) is 1. The van der Waals surface area contributed by atoms with Crippen LogP contribution in [0.1, 0.15) is 31.6 Å². The Morgan fingerprint density at radius 3 is 2.43 bits per heavy atom. The molecule has 2 aromatic rings. The number of aryl methyl sites for hydroxylation is 2. The molecule has 1 N–H and O–H groups in total. The van der Waals surface area contributed by atoms with Crippen LogP contribution in [0.3, 0.4) is 0 Å². The smallest absolute Gasteiger partial charge is 0.308 e. The molecule has 120 valence electrons. The molecule has 1 aromatic heterocycles. The van der Waals surface area contributed by atoms with Gasteiger partial charge in [0.2, 0.25) is 0 Å². The lowest BCUT2D eigenvalue weighted by Gasteiger charge is -2.16. The molecule has 23 heavy (non-hydrogen) atoms. The van der Waals surface area contributed by atoms with Gasteiger partial charge in [0.05, 0.1) is 11.5 Å². The third-order valence-electron chi connectivity index (χ3n) is 4.42. The van der Waals surface area contributed by atoms with Crippen molar-refractivity contribution < 1.29 is 14.7 Å². The number of carbonyl (C=O) groups is 2. The van der Waals surface area contributed by atoms with Crippen molar-refractivity contribution in [3.63, 3.8) is 0 Å². The maximum atomic E-state index is 12.8. The van der Waals surface area contributed by atoms with E-state index in [0.29, 0.717) is 12.1 Å². The zero-order valence-electron chi connectivity index (χ0n) is 13.2. The highest BCUT2D eigenvalue weighted by Crippen LogP contribution is 2.34. The van der Waals surface area contributed by atoms with E-state index in [1.165, 1.54) is 0 Å². The van der Waals surface area contributed by atoms with E-state index in [1.807, 2.05) is 50.2 Å². The fourth-order valence-electron chi connectivity index (χ4n) is 3.27. The van der Waals surface area contributed by atoms with Crippen molar-refractivity contribution in [2.75, 3.05) is 13.1 Å². The summed E-state index contributed by atoms with van der Waals surface area (Å²) in [6, 6.07) is 11.5. The number of carbonyl (C=O) groups excluding carboxylic acids is 1. The largest absolute Gasteiger partial charge is 0.481 e. The number of nitrogens with zero attached hydrogens (tertiary/aromatic N) is 1. The number of aliphatic carboxylic acids is 1. The first kappa shape index (κ1) is 15.7. The van der Waals surface area contributed by atoms with Gasteiger partial charge < -0.3 is 10.0 Å². The lowest BCUT2D eigenvalue weighted by atomic mass is 9.89. The van der Waals surface area contributed by atoms with Gasteiger partial charge in [-0.1, -0.05) is 30.3 Å². The highest BCUT2D eigenvalue weighted by atomic mass is 32.1. The molecule has 5 heteroatoms. The Labute approximate surface area is 139 Å². The van der Waals surface area contributed by atoms with E-state index in [1.54, 1.807) is 16.2 Å². The van der Waals surface area contributed by atoms with E-state index < -0.39 is 11.9 Å². The van der Waals surface area contributed by atoms with E-state index in [4.69, 9.17) is 0 Å². The normalized spacial score (nSPS) is 20.7. The monoisotopic (exact) mass is 329 g/mol. The molecule has 1 saturated heterocycles. The molecule has 1 aromatic carbocycles. The number of rotatable bonds is 3. The zero-order chi connectivity index (χ0) is 16.6. The highest BCUT2D eigenvalue weighted by molar-refractivity contribution is 7.12. The summed E-state index contributed by atoms with van der Waals surface area (Å²) in [6.45, 7) is 4.63. The first-order valence-electron chi connectivity index (χ1n) is 7.61. The average molecular weight is 329 g/mol. The standard InChI is InChI=1S/C18H19NO3S/c1-11-8-14(12(2)23-11)17(20)19-9-15(16(10-19)18(21)22)13-6-4-3-5-7-13/h3-8,15-16H,9-10H2,1-2H3,(H,21,22)/t15-,16-/m0/s1. The highest BCUT2D eigenvalue weighted by Gasteiger charge is 2.40. The summed E-state index contributed by atoms with van der Waals surface area (Å²) in [7, 11) is 0. The van der Waals surface area contributed by atoms with Gasteiger partial charge in [0.25, 0.3) is 5.91 Å². The molecule has 0 spiro atoms. The quantitative estimate of drug-likeness (QED) is 0.940. The Bertz CT molecular complexity index is 738. The summed E-state index contributed by atoms with van der Waals surface area (Å²) < 4.78 is 0. The number of hydrogen-bond donors (Lipinski definition) is 1. The zero-order valence-corrected chi connectivity index (χ0v) is 14.0. The van der Waals surface area contributed by atoms with Gasteiger partial charge in [0, 0.05) is 28.8 Å². The van der Waals surface area contributed by atoms with Gasteiger partial charge in [-0.05, 0) is 25.5 Å². The first-order chi connectivity index (χ1) is 11.0. The van der Waals surface area contributed by atoms with E-state index in [-0.39, 0.29) is 18.4 Å². The van der Waals surface area contributed by atoms with Gasteiger partial charge in [-0.2, -0.15) is 0 Å². The summed E-state index contributed by atoms with van der Waals surface area (Å²) in [6.07, 6.45) is 0. The second-order valence-corrected chi connectivity index (χ2v) is 7.46. The van der Waals surface area contributed by atoms with Crippen LogP contribution in [0.5, 0.6) is 0 Å². The minimum atomic E-state index is -0.840. The topological polar surface area (TPSA) is 57.6 Å². The molecule has 0 saturated carbocycles. The minimum Gasteiger partial charge on any atom is -0.481 e. The van der Waals surface area contributed by atoms with Crippen molar-refractivity contribution in [3.8, 4) is 0 Å². The molecule has 2 heterocycles. The summed E-state index contributed by atoms with van der Waals surface area (Å²) in [4.78, 5) is 28.2. The van der Waals surface area contributed by atoms with Crippen LogP contribution in [0.15, 0.2) is 36.4 Å². The number of hydrogen-bond acceptors (Lipinski definition) is 3. The number of carboxylic acids is 1. The van der Waals surface area contributed by atoms with Crippen molar-refractivity contribution in [3.05, 3.63) is 57.3 Å². The van der Waals surface area contributed by atoms with E-state index in [0.717, 1.165) is 15.3 Å². The Morgan fingerprint density at radius 2 is 1.87 bits per heavy atom. The Hall–Kier alpha value is -2.14. The van der Waals surface area contributed by atoms with Gasteiger partial charge in [-0.15, -0.1) is 11.3 Å². The number of likely N-dealkylation sites (tertiary alicyclic amines) is 1. The third-order valence-corrected chi connectivity index (χ3v) is 5.39. The molecule has 0 aliphatic carbocycles. The second-order valence-electron chi connectivity index (χ2n) is 6.00. The fraction of sp³-hybridized carbons (Fsp3) is 0.333. The van der Waals surface area contributed by atoms with Crippen LogP contribution in [0.25, 0.3) is 0 Å². The number of thiophene rings is 1. The molecule has 1 aliphatic rings. The molecule has 0 bridgehead atoms. The van der Waals surface area contributed by atoms with Gasteiger partial charge in [-0.25, -0.2) is 0 Å². The SMILES string of the molecule is Cc1cc(C(=O)N2C[C@H](C(=O)O)[C@H](c3ccccc3)C2)c(C)s1. The van der Waals surface area contributed by atoms with E-state index >= 15 is 0 Å². The van der Waals surface area contributed by atoms with Crippen LogP contribution in [-0.2, 0) is 4.79 Å². The van der Waals surface area contributed by atoms with E-state index in [9.17, 15) is 14.7 Å². The summed E-state index contributed by atoms with van der Waals surface area (Å²) >= 11 is 1.60. The van der Waals surface area contributed by atoms with Gasteiger partial charge >= 0.3 is 5.97 Å². The van der Waals surface area contributed by atoms with Crippen molar-refractivity contribution in [1.29, 1.82) is 0 Å². The summed E-state index contributed by atoms with van der Waals surface area (Å²) in [5.74, 6) is -1.61. The summed E-state index contributed by atoms with van der Waals surface area (Å²) in [5.41, 5.74) is 1.68. The van der Waals surface area contributed by atoms with Crippen LogP contribution in [0.2, 0.25) is 0 Å². The van der Waals surface area contributed by atoms with Crippen molar-refractivity contribution in [2.24, 2.45) is 5.92 Å². The molecule has 3 rings (SSSR count). The van der Waals surface area contributed by atoms with Crippen LogP contribution in [0.4, 0.5) is 0 Å². The molecular formula is C18H19NO3S. The van der Waals surface area contributed by atoms with Gasteiger partial charge in [0.1, 0.15) is 0 Å². The molecular weight excluding hydrogens is 310 g/mol. The van der Waals surface area contributed by atoms with Crippen molar-refractivity contribution in [2.45, 2.75) is 19.8 Å². The molecule has 1 amide bonds. The van der Waals surface area contributed by atoms with Gasteiger partial charge in [0.15, 0.2) is 0 Å². The van der Waals surface area contributed by atoms with Crippen molar-refractivity contribution in [1.82, 2.24) is 4.90 Å². The average Bonchev–Trinajstić information content (AvgIpc) is 3.11. The minimum absolute atomic E-state index is 0.0588. The predicted octanol–water partition coefficient (Wildman–Crippen LogP) is 3.31. The lowest BCUT2D eigenvalue weighted by Crippen LogP contribution is -2.30. The van der Waals surface area contributed by atoms with Crippen LogP contribution >= 0.6 is 11.3 Å². The third kappa shape index (κ3) is 3.01. The Morgan fingerprint density at radius 1 is 1.17 bits per heavy atom. The molecule has 1 fully saturated rings. The van der Waals surface area contributed by atoms with E-state index in [2.05, 4.69) is 0 Å². The molecule has 0 radical (unpaired) electrons. The van der Waals surface area contributed by atoms with Crippen LogP contribution in [0, 0.1) is 19.8 Å².